The van der Waals surface area contributed by atoms with Gasteiger partial charge < -0.3 is 14.2 Å². The number of halogens is 1. The van der Waals surface area contributed by atoms with E-state index in [1.807, 2.05) is 60.7 Å². The van der Waals surface area contributed by atoms with Crippen molar-refractivity contribution < 1.29 is 18.6 Å². The molecule has 10 rings (SSSR count). The van der Waals surface area contributed by atoms with E-state index in [2.05, 4.69) is 92.7 Å². The Morgan fingerprint density at radius 1 is 0.586 bits per heavy atom. The summed E-state index contributed by atoms with van der Waals surface area (Å²) in [7, 11) is 3.31. The van der Waals surface area contributed by atoms with Gasteiger partial charge in [-0.1, -0.05) is 141 Å². The second-order valence-corrected chi connectivity index (χ2v) is 15.4. The summed E-state index contributed by atoms with van der Waals surface area (Å²) in [6.45, 7) is 4.55. The van der Waals surface area contributed by atoms with Crippen LogP contribution in [0.15, 0.2) is 158 Å². The van der Waals surface area contributed by atoms with Crippen molar-refractivity contribution in [2.45, 2.75) is 24.9 Å². The fraction of sp³-hybridized carbons (Fsp3) is 0.115. The van der Waals surface area contributed by atoms with E-state index in [4.69, 9.17) is 24.2 Å². The second-order valence-electron chi connectivity index (χ2n) is 15.4. The number of ether oxygens (including phenoxy) is 3. The molecular weight excluding hydrogens is 720 g/mol. The van der Waals surface area contributed by atoms with Crippen LogP contribution in [-0.4, -0.2) is 24.2 Å². The van der Waals surface area contributed by atoms with E-state index in [9.17, 15) is 4.39 Å². The lowest BCUT2D eigenvalue weighted by atomic mass is 9.76. The molecule has 0 N–H and O–H groups in total. The summed E-state index contributed by atoms with van der Waals surface area (Å²) in [5.41, 5.74) is 10.5. The van der Waals surface area contributed by atoms with Gasteiger partial charge in [-0.2, -0.15) is 0 Å². The molecule has 58 heavy (non-hydrogen) atoms. The molecule has 0 saturated carbocycles. The average molecular weight is 759 g/mol. The molecule has 0 radical (unpaired) electrons. The molecular formula is C52H39FN2O3. The molecule has 6 heteroatoms. The lowest BCUT2D eigenvalue weighted by Crippen LogP contribution is -2.35. The van der Waals surface area contributed by atoms with Gasteiger partial charge in [-0.15, -0.1) is 0 Å². The number of fused-ring (bicyclic) bond motifs is 8. The van der Waals surface area contributed by atoms with E-state index in [1.54, 1.807) is 26.4 Å². The standard InChI is InChI=1S/C52H39FN2O3/c1-51(2)42-18-12-11-17-38(42)47-40-29-45(56-3)46(57-4)30-41(40)49-39(48(47)51)27-28-52(58-49,36-23-25-37(53)26-24-36)35-21-19-34(20-22-35)50-54-43(32-13-7-5-8-14-32)31-44(55-50)33-15-9-6-10-16-33/h5-31H,1-4H3. The Bertz CT molecular complexity index is 2850. The average Bonchev–Trinajstić information content (AvgIpc) is 3.52. The first-order chi connectivity index (χ1) is 28.3. The van der Waals surface area contributed by atoms with Crippen molar-refractivity contribution in [2.75, 3.05) is 14.2 Å². The maximum Gasteiger partial charge on any atom is 0.178 e. The fourth-order valence-corrected chi connectivity index (χ4v) is 8.91. The molecule has 0 saturated heterocycles. The highest BCUT2D eigenvalue weighted by Gasteiger charge is 2.44. The molecule has 0 amide bonds. The van der Waals surface area contributed by atoms with Crippen molar-refractivity contribution in [3.8, 4) is 62.3 Å². The van der Waals surface area contributed by atoms with E-state index in [-0.39, 0.29) is 11.2 Å². The summed E-state index contributed by atoms with van der Waals surface area (Å²) in [4.78, 5) is 10.1. The molecule has 1 aromatic heterocycles. The SMILES string of the molecule is COc1cc2c3c(c4c(c2cc1OC)-c1ccccc1C4(C)C)C=CC(c1ccc(F)cc1)(c1ccc(-c2nc(-c4ccccc4)cc(-c4ccccc4)n2)cc1)O3. The Hall–Kier alpha value is -7.05. The van der Waals surface area contributed by atoms with E-state index < -0.39 is 5.60 Å². The monoisotopic (exact) mass is 758 g/mol. The van der Waals surface area contributed by atoms with Gasteiger partial charge in [0, 0.05) is 44.2 Å². The molecule has 0 spiro atoms. The van der Waals surface area contributed by atoms with Gasteiger partial charge in [-0.05, 0) is 64.0 Å². The lowest BCUT2D eigenvalue weighted by molar-refractivity contribution is 0.163. The highest BCUT2D eigenvalue weighted by Crippen LogP contribution is 2.59. The number of rotatable bonds is 7. The molecule has 7 aromatic carbocycles. The Kier molecular flexibility index (Phi) is 8.27. The van der Waals surface area contributed by atoms with Crippen LogP contribution < -0.4 is 14.2 Å². The largest absolute Gasteiger partial charge is 0.493 e. The first-order valence-electron chi connectivity index (χ1n) is 19.4. The highest BCUT2D eigenvalue weighted by molar-refractivity contribution is 6.09. The normalized spacial score (nSPS) is 15.9. The zero-order valence-electron chi connectivity index (χ0n) is 32.6. The van der Waals surface area contributed by atoms with Gasteiger partial charge in [0.1, 0.15) is 11.6 Å². The Morgan fingerprint density at radius 2 is 1.14 bits per heavy atom. The summed E-state index contributed by atoms with van der Waals surface area (Å²) in [5, 5.41) is 1.90. The van der Waals surface area contributed by atoms with Crippen molar-refractivity contribution in [1.82, 2.24) is 9.97 Å². The van der Waals surface area contributed by atoms with Crippen LogP contribution in [0.5, 0.6) is 17.2 Å². The van der Waals surface area contributed by atoms with Crippen LogP contribution in [0.3, 0.4) is 0 Å². The lowest BCUT2D eigenvalue weighted by Gasteiger charge is -2.38. The minimum Gasteiger partial charge on any atom is -0.493 e. The molecule has 1 aliphatic carbocycles. The third-order valence-corrected chi connectivity index (χ3v) is 11.8. The summed E-state index contributed by atoms with van der Waals surface area (Å²) in [6.07, 6.45) is 4.31. The minimum absolute atomic E-state index is 0.321. The van der Waals surface area contributed by atoms with Crippen molar-refractivity contribution in [1.29, 1.82) is 0 Å². The maximum absolute atomic E-state index is 14.6. The van der Waals surface area contributed by atoms with Gasteiger partial charge in [-0.25, -0.2) is 14.4 Å². The number of aromatic nitrogens is 2. The van der Waals surface area contributed by atoms with Crippen LogP contribution in [0, 0.1) is 5.82 Å². The Labute approximate surface area is 337 Å². The summed E-state index contributed by atoms with van der Waals surface area (Å²) >= 11 is 0. The van der Waals surface area contributed by atoms with Crippen LogP contribution in [0.2, 0.25) is 0 Å². The van der Waals surface area contributed by atoms with E-state index in [0.29, 0.717) is 17.3 Å². The van der Waals surface area contributed by atoms with Crippen LogP contribution in [-0.2, 0) is 11.0 Å². The van der Waals surface area contributed by atoms with E-state index in [0.717, 1.165) is 66.9 Å². The van der Waals surface area contributed by atoms with Crippen LogP contribution in [0.4, 0.5) is 4.39 Å². The maximum atomic E-state index is 14.6. The third-order valence-electron chi connectivity index (χ3n) is 11.8. The van der Waals surface area contributed by atoms with E-state index in [1.165, 1.54) is 28.8 Å². The zero-order chi connectivity index (χ0) is 39.6. The molecule has 1 unspecified atom stereocenters. The quantitative estimate of drug-likeness (QED) is 0.162. The molecule has 2 heterocycles. The summed E-state index contributed by atoms with van der Waals surface area (Å²) in [6, 6.07) is 49.8. The molecule has 2 aliphatic rings. The van der Waals surface area contributed by atoms with Crippen LogP contribution in [0.1, 0.15) is 41.7 Å². The highest BCUT2D eigenvalue weighted by atomic mass is 19.1. The third kappa shape index (κ3) is 5.51. The minimum atomic E-state index is -1.12. The summed E-state index contributed by atoms with van der Waals surface area (Å²) < 4.78 is 33.8. The smallest absolute Gasteiger partial charge is 0.178 e. The van der Waals surface area contributed by atoms with Crippen molar-refractivity contribution >= 4 is 16.8 Å². The summed E-state index contributed by atoms with van der Waals surface area (Å²) in [5.74, 6) is 2.25. The Morgan fingerprint density at radius 3 is 1.74 bits per heavy atom. The number of hydrogen-bond acceptors (Lipinski definition) is 5. The van der Waals surface area contributed by atoms with Gasteiger partial charge in [0.05, 0.1) is 25.6 Å². The molecule has 8 aromatic rings. The van der Waals surface area contributed by atoms with Gasteiger partial charge >= 0.3 is 0 Å². The van der Waals surface area contributed by atoms with Crippen molar-refractivity contribution in [3.05, 3.63) is 191 Å². The number of hydrogen-bond donors (Lipinski definition) is 0. The molecule has 0 bridgehead atoms. The first kappa shape index (κ1) is 35.4. The van der Waals surface area contributed by atoms with Crippen LogP contribution >= 0.6 is 0 Å². The number of methoxy groups -OCH3 is 2. The number of nitrogens with zero attached hydrogens (tertiary/aromatic N) is 2. The zero-order valence-corrected chi connectivity index (χ0v) is 32.6. The molecule has 1 atom stereocenters. The van der Waals surface area contributed by atoms with Crippen LogP contribution in [0.25, 0.3) is 61.9 Å². The fourth-order valence-electron chi connectivity index (χ4n) is 8.91. The molecule has 282 valence electrons. The van der Waals surface area contributed by atoms with Gasteiger partial charge in [-0.3, -0.25) is 0 Å². The van der Waals surface area contributed by atoms with Gasteiger partial charge in [0.15, 0.2) is 22.9 Å². The van der Waals surface area contributed by atoms with Crippen molar-refractivity contribution in [3.63, 3.8) is 0 Å². The predicted octanol–water partition coefficient (Wildman–Crippen LogP) is 12.4. The number of benzene rings is 7. The molecule has 5 nitrogen and oxygen atoms in total. The van der Waals surface area contributed by atoms with Gasteiger partial charge in [0.2, 0.25) is 0 Å². The Balaban J connectivity index is 1.17. The predicted molar refractivity (Wildman–Crippen MR) is 230 cm³/mol. The van der Waals surface area contributed by atoms with E-state index >= 15 is 0 Å². The topological polar surface area (TPSA) is 53.5 Å². The second kappa shape index (κ2) is 13.6. The van der Waals surface area contributed by atoms with Crippen molar-refractivity contribution in [2.24, 2.45) is 0 Å². The van der Waals surface area contributed by atoms with Gasteiger partial charge in [0.25, 0.3) is 0 Å². The molecule has 1 aliphatic heterocycles. The molecule has 0 fully saturated rings. The first-order valence-corrected chi connectivity index (χ1v) is 19.4.